The minimum absolute atomic E-state index is 0.0137. The van der Waals surface area contributed by atoms with Crippen LogP contribution in [0.15, 0.2) is 273 Å². The molecule has 12 rings (SSSR count). The summed E-state index contributed by atoms with van der Waals surface area (Å²) in [5.74, 6) is -1.13. The largest absolute Gasteiger partial charge is 0.451 e. The molecule has 0 amide bonds. The minimum atomic E-state index is -3.98. The number of H-pyrrole nitrogens is 1. The number of aromatic amines is 1. The number of aliphatic hydroxyl groups excluding tert-OH is 1. The number of allylic oxidation sites excluding steroid dienone is 4. The molecule has 0 saturated carbocycles. The van der Waals surface area contributed by atoms with E-state index in [-0.39, 0.29) is 45.3 Å². The monoisotopic (exact) mass is 1920 g/mol. The fourth-order valence-electron chi connectivity index (χ4n) is 10.2. The van der Waals surface area contributed by atoms with Gasteiger partial charge in [0.15, 0.2) is 29.3 Å². The number of aromatic nitrogens is 4. The van der Waals surface area contributed by atoms with E-state index >= 15 is 0 Å². The van der Waals surface area contributed by atoms with Crippen molar-refractivity contribution in [1.29, 1.82) is 0 Å². The summed E-state index contributed by atoms with van der Waals surface area (Å²) in [5, 5.41) is 80.7. The maximum Gasteiger partial charge on any atom is 0.343 e. The van der Waals surface area contributed by atoms with Crippen molar-refractivity contribution >= 4 is 75.5 Å². The van der Waals surface area contributed by atoms with Crippen molar-refractivity contribution in [3.05, 3.63) is 361 Å². The van der Waals surface area contributed by atoms with Crippen LogP contribution in [-0.4, -0.2) is 223 Å². The zero-order valence-corrected chi connectivity index (χ0v) is 77.6. The minimum Gasteiger partial charge on any atom is -0.451 e. The van der Waals surface area contributed by atoms with Gasteiger partial charge in [-0.3, -0.25) is 84.7 Å². The van der Waals surface area contributed by atoms with Gasteiger partial charge >= 0.3 is 11.9 Å². The van der Waals surface area contributed by atoms with Crippen molar-refractivity contribution in [2.24, 2.45) is 5.73 Å². The Morgan fingerprint density at radius 1 is 0.595 bits per heavy atom. The molecule has 4 N–H and O–H groups in total. The van der Waals surface area contributed by atoms with Crippen LogP contribution < -0.4 is 5.73 Å². The summed E-state index contributed by atoms with van der Waals surface area (Å²) in [6.07, 6.45) is 37.1. The summed E-state index contributed by atoms with van der Waals surface area (Å²) in [6.45, 7) is 10.6. The second kappa shape index (κ2) is 71.6. The predicted molar refractivity (Wildman–Crippen MR) is 501 cm³/mol. The number of rotatable bonds is 21. The zero-order valence-electron chi connectivity index (χ0n) is 73.5. The van der Waals surface area contributed by atoms with Crippen molar-refractivity contribution < 1.29 is 90.2 Å². The first-order valence-electron chi connectivity index (χ1n) is 39.8. The molecule has 1 saturated heterocycles. The Hall–Kier alpha value is -12.2. The normalized spacial score (nSPS) is 18.9. The molecular formula is C86H113ClN14O26S4. The van der Waals surface area contributed by atoms with Crippen molar-refractivity contribution in [1.82, 2.24) is 29.7 Å². The first-order chi connectivity index (χ1) is 62.3. The summed E-state index contributed by atoms with van der Waals surface area (Å²) in [5.41, 5.74) is 7.87. The van der Waals surface area contributed by atoms with Crippen molar-refractivity contribution in [3.63, 3.8) is 0 Å². The van der Waals surface area contributed by atoms with Gasteiger partial charge in [0.05, 0.1) is 37.3 Å². The molecule has 10 atom stereocenters. The lowest BCUT2D eigenvalue weighted by molar-refractivity contribution is -0.534. The summed E-state index contributed by atoms with van der Waals surface area (Å²) >= 11 is 15.5. The number of benzene rings is 4. The molecule has 2 aromatic heterocycles. The molecule has 131 heavy (non-hydrogen) atoms. The van der Waals surface area contributed by atoms with Gasteiger partial charge < -0.3 is 44.4 Å². The third kappa shape index (κ3) is 58.2. The summed E-state index contributed by atoms with van der Waals surface area (Å²) < 4.78 is 54.2. The van der Waals surface area contributed by atoms with Crippen LogP contribution in [0, 0.1) is 82.5 Å². The fraction of sp³-hybridized carbons (Fsp3) is 0.384. The van der Waals surface area contributed by atoms with Crippen molar-refractivity contribution in [2.45, 2.75) is 159 Å². The van der Waals surface area contributed by atoms with Gasteiger partial charge in [-0.1, -0.05) is 182 Å². The van der Waals surface area contributed by atoms with Gasteiger partial charge in [0.2, 0.25) is 30.7 Å². The lowest BCUT2D eigenvalue weighted by atomic mass is 9.99. The number of halogens is 1. The Labute approximate surface area is 779 Å². The van der Waals surface area contributed by atoms with E-state index in [1.54, 1.807) is 210 Å². The molecule has 6 aromatic rings. The SMILES string of the molecule is C1CCOC1.C=CC=C.CN(C)/C=C/[N+](=O)[O-].COC(OC)N(C)C.C[N+](=O)[O-].Cc1ccc(S(=O)(=O)OC2CC=CCC2[N+](=O)[O-])cc1.NC1CC=CCC1S.O=C(Cl)c1ccccc1.O=C(O/C=C/[N+](=O)[O-])c1ccccc1.O=C(OC1CC=CCC1[N+](=O)[O-])c1ccccc1.O=[N+]([O-])C1CC=CCC1O.O=[N+]([O-])C1CC=CCC1Sc1ncccn1.S=c1nccc[nH]1. The highest BCUT2D eigenvalue weighted by atomic mass is 35.5. The average molecular weight is 1920 g/mol. The number of hydrogen-bond donors (Lipinski definition) is 4. The Bertz CT molecular complexity index is 4710. The lowest BCUT2D eigenvalue weighted by Gasteiger charge is -2.22. The number of nitrogens with one attached hydrogen (secondary N) is 1. The molecule has 6 aliphatic rings. The van der Waals surface area contributed by atoms with E-state index < -0.39 is 94.4 Å². The fourth-order valence-corrected chi connectivity index (χ4v) is 12.9. The number of carbonyl (C=O) groups is 3. The number of nitro groups is 7. The maximum atomic E-state index is 12.1. The lowest BCUT2D eigenvalue weighted by Crippen LogP contribution is -2.38. The number of hydrogen-bond acceptors (Lipinski definition) is 35. The molecule has 45 heteroatoms. The summed E-state index contributed by atoms with van der Waals surface area (Å²) in [6, 6.07) is 32.2. The van der Waals surface area contributed by atoms with E-state index in [0.29, 0.717) is 76.6 Å². The number of aliphatic hydroxyl groups is 1. The predicted octanol–water partition coefficient (Wildman–Crippen LogP) is 14.8. The van der Waals surface area contributed by atoms with E-state index in [4.69, 9.17) is 55.7 Å². The highest BCUT2D eigenvalue weighted by Gasteiger charge is 2.38. The van der Waals surface area contributed by atoms with Gasteiger partial charge in [-0.15, -0.1) is 0 Å². The van der Waals surface area contributed by atoms with Crippen molar-refractivity contribution in [2.75, 3.05) is 62.7 Å². The number of nitrogens with two attached hydrogens (primary N) is 1. The van der Waals surface area contributed by atoms with Crippen LogP contribution in [0.5, 0.6) is 0 Å². The standard InChI is InChI=1S/C13H15NO5S.C13H13NO4.C10H11N3O2S.C9H7NO4.C7H5ClO.C6H9NO3.C6H11NS.C5H13NO2.C4H8N2O2.C4H4N2S.C4H8O.C4H6.CH3NO2/c1-10-6-8-11(9-7-10)20(17,18)19-13-5-3-2-4-12(13)14(15)16;15-13(10-6-2-1-3-7-10)18-12-9-5-4-8-11(12)14(16)17;14-13(15)8-4-1-2-5-9(8)16-10-11-6-3-7-12-10;11-9(14-7-6-10(12)13)8-4-2-1-3-5-8;8-7(9)6-4-2-1-3-5-6;8-6-4-2-1-3-5(6)7(9)10;7-5-3-1-2-4-6(5)8;1-6(2)5(7-3)8-4;1-5(2)3-4-6(7)8;7-4-5-2-1-3-6-4;1-2-4-5-3-1;1-3-4-2;1-2(3)4/h2-3,6-9,12-13H,4-5H2,1H3;1-7,11-12H,8-9H2;1-3,6-9H,4-5H2;1-7H;1-5H;1-2,5-6,8H,3-4H2;1-2,5-6,8H,3-4,7H2;5H,1-4H3;3-4H,1-2H3;1-3H,(H,5,6,7);1-4H2;3-4H,1-2H2;1H3/b;;;7-6+;;;;;4-3+;;;;. The van der Waals surface area contributed by atoms with Crippen LogP contribution in [0.1, 0.15) is 114 Å². The molecule has 10 unspecified atom stereocenters. The van der Waals surface area contributed by atoms with Gasteiger partial charge in [0, 0.05) is 140 Å². The Kier molecular flexibility index (Phi) is 64.9. The molecular weight excluding hydrogens is 1810 g/mol. The number of esters is 2. The van der Waals surface area contributed by atoms with Gasteiger partial charge in [-0.2, -0.15) is 21.0 Å². The van der Waals surface area contributed by atoms with Crippen molar-refractivity contribution in [3.8, 4) is 0 Å². The molecule has 5 aliphatic carbocycles. The molecule has 0 bridgehead atoms. The number of aryl methyl sites for hydroxylation is 1. The molecule has 3 heterocycles. The number of carbonyl (C=O) groups excluding carboxylic acids is 3. The number of thioether (sulfide) groups is 1. The number of ether oxygens (including phenoxy) is 5. The van der Waals surface area contributed by atoms with Gasteiger partial charge in [0.1, 0.15) is 12.2 Å². The maximum absolute atomic E-state index is 12.1. The Morgan fingerprint density at radius 3 is 1.38 bits per heavy atom. The molecule has 4 aromatic carbocycles. The third-order valence-electron chi connectivity index (χ3n) is 16.8. The molecule has 714 valence electrons. The topological polar surface area (TPSA) is 550 Å². The van der Waals surface area contributed by atoms with E-state index in [2.05, 4.69) is 74.8 Å². The smallest absolute Gasteiger partial charge is 0.343 e. The molecule has 0 spiro atoms. The summed E-state index contributed by atoms with van der Waals surface area (Å²) in [7, 11) is 7.34. The molecule has 40 nitrogen and oxygen atoms in total. The van der Waals surface area contributed by atoms with Crippen LogP contribution in [0.25, 0.3) is 0 Å². The van der Waals surface area contributed by atoms with E-state index in [0.717, 1.165) is 51.1 Å². The molecule has 0 radical (unpaired) electrons. The van der Waals surface area contributed by atoms with E-state index in [1.807, 2.05) is 50.2 Å². The van der Waals surface area contributed by atoms with Gasteiger partial charge in [0.25, 0.3) is 27.6 Å². The van der Waals surface area contributed by atoms with Gasteiger partial charge in [-0.25, -0.2) is 24.5 Å². The second-order valence-electron chi connectivity index (χ2n) is 27.4. The highest BCUT2D eigenvalue weighted by molar-refractivity contribution is 7.99. The average Bonchev–Trinajstić information content (AvgIpc) is 0.860. The zero-order chi connectivity index (χ0) is 98.5. The number of methoxy groups -OCH3 is 2. The third-order valence-corrected chi connectivity index (χ3v) is 20.4. The Balaban J connectivity index is 0.00000143. The van der Waals surface area contributed by atoms with Crippen LogP contribution >= 0.6 is 48.2 Å². The number of nitrogens with zero attached hydrogens (tertiary/aromatic N) is 12. The van der Waals surface area contributed by atoms with E-state index in [1.165, 1.54) is 42.9 Å². The number of thiol groups is 1. The van der Waals surface area contributed by atoms with Crippen LogP contribution in [0.2, 0.25) is 0 Å². The second-order valence-corrected chi connectivity index (χ2v) is 31.6. The quantitative estimate of drug-likeness (QED) is 0.00423. The van der Waals surface area contributed by atoms with Gasteiger partial charge in [-0.05, 0) is 138 Å². The van der Waals surface area contributed by atoms with Crippen LogP contribution in [-0.2, 0) is 38.0 Å². The van der Waals surface area contributed by atoms with E-state index in [9.17, 15) is 83.5 Å². The highest BCUT2D eigenvalue weighted by Crippen LogP contribution is 2.31. The molecule has 1 aliphatic heterocycles. The summed E-state index contributed by atoms with van der Waals surface area (Å²) in [4.78, 5) is 119. The van der Waals surface area contributed by atoms with Crippen LogP contribution in [0.3, 0.4) is 0 Å². The molecule has 1 fully saturated rings. The first kappa shape index (κ1) is 119. The van der Waals surface area contributed by atoms with Crippen LogP contribution in [0.4, 0.5) is 0 Å². The Morgan fingerprint density at radius 2 is 1.02 bits per heavy atom. The first-order valence-corrected chi connectivity index (χ1v) is 43.4.